The molecule has 0 saturated carbocycles. The van der Waals surface area contributed by atoms with Gasteiger partial charge >= 0.3 is 18.2 Å². The van der Waals surface area contributed by atoms with Crippen LogP contribution in [0.3, 0.4) is 0 Å². The quantitative estimate of drug-likeness (QED) is 0.802. The normalized spacial score (nSPS) is 10.9. The van der Waals surface area contributed by atoms with Crippen molar-refractivity contribution in [1.29, 1.82) is 0 Å². The van der Waals surface area contributed by atoms with Gasteiger partial charge in [-0.3, -0.25) is 5.32 Å². The lowest BCUT2D eigenvalue weighted by Gasteiger charge is -2.14. The summed E-state index contributed by atoms with van der Waals surface area (Å²) in [6, 6.07) is 11.9. The molecule has 1 amide bonds. The highest BCUT2D eigenvalue weighted by Crippen LogP contribution is 2.28. The standard InChI is InChI=1S/C17H14F3NO5/c18-17(19,20)10-26-14-8-12(15(22)23)6-7-13(14)21-16(24)25-9-11-4-2-1-3-5-11/h1-8H,9-10H2,(H,21,24)(H,22,23). The summed E-state index contributed by atoms with van der Waals surface area (Å²) in [7, 11) is 0. The minimum absolute atomic E-state index is 0.0430. The van der Waals surface area contributed by atoms with Crippen LogP contribution in [-0.4, -0.2) is 30.0 Å². The summed E-state index contributed by atoms with van der Waals surface area (Å²) < 4.78 is 46.6. The zero-order valence-electron chi connectivity index (χ0n) is 13.2. The number of carboxylic acids is 1. The number of rotatable bonds is 6. The number of anilines is 1. The van der Waals surface area contributed by atoms with E-state index in [1.54, 1.807) is 30.3 Å². The molecular weight excluding hydrogens is 355 g/mol. The SMILES string of the molecule is O=C(Nc1ccc(C(=O)O)cc1OCC(F)(F)F)OCc1ccccc1. The molecule has 0 heterocycles. The molecule has 2 aromatic carbocycles. The van der Waals surface area contributed by atoms with Crippen LogP contribution in [-0.2, 0) is 11.3 Å². The molecule has 0 fully saturated rings. The van der Waals surface area contributed by atoms with Gasteiger partial charge in [0, 0.05) is 0 Å². The molecule has 0 aliphatic rings. The highest BCUT2D eigenvalue weighted by molar-refractivity contribution is 5.91. The van der Waals surface area contributed by atoms with Crippen LogP contribution in [0.15, 0.2) is 48.5 Å². The molecular formula is C17H14F3NO5. The van der Waals surface area contributed by atoms with E-state index in [2.05, 4.69) is 10.1 Å². The van der Waals surface area contributed by atoms with Gasteiger partial charge in [0.05, 0.1) is 11.3 Å². The molecule has 9 heteroatoms. The molecule has 0 unspecified atom stereocenters. The summed E-state index contributed by atoms with van der Waals surface area (Å²) in [4.78, 5) is 22.8. The smallest absolute Gasteiger partial charge is 0.422 e. The number of amides is 1. The molecule has 26 heavy (non-hydrogen) atoms. The van der Waals surface area contributed by atoms with Crippen LogP contribution in [0.2, 0.25) is 0 Å². The van der Waals surface area contributed by atoms with Crippen molar-refractivity contribution in [3.8, 4) is 5.75 Å². The van der Waals surface area contributed by atoms with E-state index in [9.17, 15) is 22.8 Å². The first-order valence-corrected chi connectivity index (χ1v) is 7.29. The second kappa shape index (κ2) is 8.24. The second-order valence-corrected chi connectivity index (χ2v) is 5.11. The van der Waals surface area contributed by atoms with Gasteiger partial charge in [-0.1, -0.05) is 30.3 Å². The van der Waals surface area contributed by atoms with E-state index in [1.165, 1.54) is 0 Å². The van der Waals surface area contributed by atoms with Gasteiger partial charge in [-0.05, 0) is 23.8 Å². The topological polar surface area (TPSA) is 84.9 Å². The number of alkyl halides is 3. The molecule has 0 aliphatic heterocycles. The third kappa shape index (κ3) is 6.00. The lowest BCUT2D eigenvalue weighted by molar-refractivity contribution is -0.153. The van der Waals surface area contributed by atoms with Crippen molar-refractivity contribution in [3.05, 3.63) is 59.7 Å². The Bertz CT molecular complexity index is 778. The maximum Gasteiger partial charge on any atom is 0.422 e. The largest absolute Gasteiger partial charge is 0.482 e. The monoisotopic (exact) mass is 369 g/mol. The van der Waals surface area contributed by atoms with Gasteiger partial charge in [0.25, 0.3) is 0 Å². The zero-order chi connectivity index (χ0) is 19.2. The van der Waals surface area contributed by atoms with Crippen molar-refractivity contribution in [3.63, 3.8) is 0 Å². The van der Waals surface area contributed by atoms with Crippen LogP contribution in [0.4, 0.5) is 23.7 Å². The Morgan fingerprint density at radius 2 is 1.77 bits per heavy atom. The summed E-state index contributed by atoms with van der Waals surface area (Å²) in [5.74, 6) is -1.78. The Balaban J connectivity index is 2.08. The number of carbonyl (C=O) groups excluding carboxylic acids is 1. The van der Waals surface area contributed by atoms with E-state index >= 15 is 0 Å². The number of hydrogen-bond donors (Lipinski definition) is 2. The molecule has 0 atom stereocenters. The van der Waals surface area contributed by atoms with Crippen molar-refractivity contribution in [2.45, 2.75) is 12.8 Å². The van der Waals surface area contributed by atoms with Crippen LogP contribution in [0, 0.1) is 0 Å². The Morgan fingerprint density at radius 1 is 1.08 bits per heavy atom. The number of nitrogens with one attached hydrogen (secondary N) is 1. The zero-order valence-corrected chi connectivity index (χ0v) is 13.2. The Hall–Kier alpha value is -3.23. The van der Waals surface area contributed by atoms with Crippen molar-refractivity contribution >= 4 is 17.7 Å². The van der Waals surface area contributed by atoms with E-state index in [-0.39, 0.29) is 17.9 Å². The van der Waals surface area contributed by atoms with Gasteiger partial charge < -0.3 is 14.6 Å². The predicted octanol–water partition coefficient (Wildman–Crippen LogP) is 4.07. The van der Waals surface area contributed by atoms with Gasteiger partial charge in [0.1, 0.15) is 12.4 Å². The van der Waals surface area contributed by atoms with Gasteiger partial charge in [0.15, 0.2) is 6.61 Å². The molecule has 2 N–H and O–H groups in total. The van der Waals surface area contributed by atoms with E-state index in [0.717, 1.165) is 23.8 Å². The van der Waals surface area contributed by atoms with Gasteiger partial charge in [-0.15, -0.1) is 0 Å². The van der Waals surface area contributed by atoms with Crippen molar-refractivity contribution in [2.75, 3.05) is 11.9 Å². The highest BCUT2D eigenvalue weighted by atomic mass is 19.4. The first kappa shape index (κ1) is 19.1. The van der Waals surface area contributed by atoms with Gasteiger partial charge in [-0.2, -0.15) is 13.2 Å². The fraction of sp³-hybridized carbons (Fsp3) is 0.176. The van der Waals surface area contributed by atoms with Crippen LogP contribution in [0.5, 0.6) is 5.75 Å². The van der Waals surface area contributed by atoms with Crippen LogP contribution >= 0.6 is 0 Å². The summed E-state index contributed by atoms with van der Waals surface area (Å²) in [6.07, 6.45) is -5.54. The summed E-state index contributed by atoms with van der Waals surface area (Å²) >= 11 is 0. The fourth-order valence-electron chi connectivity index (χ4n) is 1.91. The number of halogens is 3. The van der Waals surface area contributed by atoms with E-state index < -0.39 is 30.6 Å². The molecule has 0 spiro atoms. The minimum atomic E-state index is -4.62. The third-order valence-electron chi connectivity index (χ3n) is 3.07. The number of aromatic carboxylic acids is 1. The Morgan fingerprint density at radius 3 is 2.38 bits per heavy atom. The average Bonchev–Trinajstić information content (AvgIpc) is 2.59. The average molecular weight is 369 g/mol. The third-order valence-corrected chi connectivity index (χ3v) is 3.07. The van der Waals surface area contributed by atoms with E-state index in [1.807, 2.05) is 0 Å². The first-order chi connectivity index (χ1) is 12.2. The number of benzene rings is 2. The molecule has 2 rings (SSSR count). The van der Waals surface area contributed by atoms with Crippen LogP contribution in [0.1, 0.15) is 15.9 Å². The molecule has 0 bridgehead atoms. The number of carbonyl (C=O) groups is 2. The van der Waals surface area contributed by atoms with E-state index in [0.29, 0.717) is 0 Å². The second-order valence-electron chi connectivity index (χ2n) is 5.11. The summed E-state index contributed by atoms with van der Waals surface area (Å²) in [5, 5.41) is 11.2. The summed E-state index contributed by atoms with van der Waals surface area (Å²) in [5.41, 5.74) is 0.292. The molecule has 0 radical (unpaired) electrons. The maximum atomic E-state index is 12.3. The molecule has 2 aromatic rings. The fourth-order valence-corrected chi connectivity index (χ4v) is 1.91. The minimum Gasteiger partial charge on any atom is -0.482 e. The number of carboxylic acid groups (broad SMARTS) is 1. The lowest BCUT2D eigenvalue weighted by Crippen LogP contribution is -2.21. The molecule has 6 nitrogen and oxygen atoms in total. The molecule has 0 aromatic heterocycles. The van der Waals surface area contributed by atoms with Crippen LogP contribution in [0.25, 0.3) is 0 Å². The molecule has 0 aliphatic carbocycles. The Labute approximate surface area is 146 Å². The van der Waals surface area contributed by atoms with Crippen molar-refractivity contribution < 1.29 is 37.3 Å². The van der Waals surface area contributed by atoms with Gasteiger partial charge in [0.2, 0.25) is 0 Å². The number of hydrogen-bond acceptors (Lipinski definition) is 4. The molecule has 138 valence electrons. The highest BCUT2D eigenvalue weighted by Gasteiger charge is 2.29. The maximum absolute atomic E-state index is 12.3. The van der Waals surface area contributed by atoms with Crippen molar-refractivity contribution in [1.82, 2.24) is 0 Å². The first-order valence-electron chi connectivity index (χ1n) is 7.29. The summed E-state index contributed by atoms with van der Waals surface area (Å²) in [6.45, 7) is -1.68. The Kier molecular flexibility index (Phi) is 6.05. The van der Waals surface area contributed by atoms with Crippen molar-refractivity contribution in [2.24, 2.45) is 0 Å². The lowest BCUT2D eigenvalue weighted by atomic mass is 10.2. The molecule has 0 saturated heterocycles. The van der Waals surface area contributed by atoms with E-state index in [4.69, 9.17) is 9.84 Å². The predicted molar refractivity (Wildman–Crippen MR) is 85.2 cm³/mol. The number of ether oxygens (including phenoxy) is 2. The van der Waals surface area contributed by atoms with Gasteiger partial charge in [-0.25, -0.2) is 9.59 Å². The van der Waals surface area contributed by atoms with Crippen LogP contribution < -0.4 is 10.1 Å².